The number of nitrogens with zero attached hydrogens (tertiary/aromatic N) is 2. The van der Waals surface area contributed by atoms with E-state index >= 15 is 0 Å². The molecular formula is C19H21N3O2S2. The van der Waals surface area contributed by atoms with Crippen LogP contribution in [0, 0.1) is 0 Å². The predicted octanol–water partition coefficient (Wildman–Crippen LogP) is 5.24. The highest BCUT2D eigenvalue weighted by molar-refractivity contribution is 7.99. The van der Waals surface area contributed by atoms with Crippen molar-refractivity contribution in [2.24, 2.45) is 0 Å². The number of fused-ring (bicyclic) bond motifs is 1. The summed E-state index contributed by atoms with van der Waals surface area (Å²) in [4.78, 5) is 21.7. The van der Waals surface area contributed by atoms with Crippen LogP contribution >= 0.6 is 23.5 Å². The molecule has 0 atom stereocenters. The van der Waals surface area contributed by atoms with Gasteiger partial charge in [0.25, 0.3) is 5.22 Å². The molecule has 0 aliphatic heterocycles. The first-order valence-corrected chi connectivity index (χ1v) is 10.7. The number of carbonyl (C=O) groups is 1. The normalized spacial score (nSPS) is 11.0. The Bertz CT molecular complexity index is 816. The molecule has 0 saturated carbocycles. The summed E-state index contributed by atoms with van der Waals surface area (Å²) in [5, 5.41) is 3.55. The second-order valence-electron chi connectivity index (χ2n) is 5.74. The average Bonchev–Trinajstić information content (AvgIpc) is 3.08. The van der Waals surface area contributed by atoms with Gasteiger partial charge < -0.3 is 9.73 Å². The molecule has 0 fully saturated rings. The van der Waals surface area contributed by atoms with Gasteiger partial charge in [-0.2, -0.15) is 0 Å². The summed E-state index contributed by atoms with van der Waals surface area (Å²) in [5.74, 6) is 1.56. The number of pyridine rings is 1. The van der Waals surface area contributed by atoms with Crippen molar-refractivity contribution in [3.8, 4) is 0 Å². The maximum Gasteiger partial charge on any atom is 0.256 e. The number of nitrogens with one attached hydrogen (secondary N) is 1. The van der Waals surface area contributed by atoms with E-state index in [9.17, 15) is 4.79 Å². The number of benzene rings is 1. The molecular weight excluding hydrogens is 366 g/mol. The Kier molecular flexibility index (Phi) is 6.96. The van der Waals surface area contributed by atoms with E-state index in [1.165, 1.54) is 0 Å². The van der Waals surface area contributed by atoms with E-state index in [4.69, 9.17) is 4.42 Å². The molecule has 26 heavy (non-hydrogen) atoms. The zero-order valence-corrected chi connectivity index (χ0v) is 16.2. The zero-order chi connectivity index (χ0) is 18.2. The highest BCUT2D eigenvalue weighted by Gasteiger charge is 2.06. The molecule has 0 bridgehead atoms. The highest BCUT2D eigenvalue weighted by atomic mass is 32.2. The number of carbonyl (C=O) groups excluding carboxylic acids is 1. The van der Waals surface area contributed by atoms with Crippen LogP contribution in [0.2, 0.25) is 0 Å². The minimum Gasteiger partial charge on any atom is -0.431 e. The average molecular weight is 388 g/mol. The van der Waals surface area contributed by atoms with Gasteiger partial charge in [-0.1, -0.05) is 30.3 Å². The van der Waals surface area contributed by atoms with E-state index in [2.05, 4.69) is 15.3 Å². The number of rotatable bonds is 9. The molecule has 0 radical (unpaired) electrons. The van der Waals surface area contributed by atoms with Crippen molar-refractivity contribution >= 4 is 46.3 Å². The molecule has 2 aromatic heterocycles. The van der Waals surface area contributed by atoms with E-state index in [-0.39, 0.29) is 5.91 Å². The van der Waals surface area contributed by atoms with Gasteiger partial charge in [-0.3, -0.25) is 4.79 Å². The summed E-state index contributed by atoms with van der Waals surface area (Å²) in [6.45, 7) is 0. The number of oxazole rings is 1. The lowest BCUT2D eigenvalue weighted by atomic mass is 10.2. The maximum absolute atomic E-state index is 11.9. The number of aromatic nitrogens is 2. The summed E-state index contributed by atoms with van der Waals surface area (Å²) < 4.78 is 5.67. The standard InChI is InChI=1S/C19H21N3O2S2/c1-25-14-10-11-17(20-13-14)22-18(23)9-3-2-6-12-26-19-21-15-7-4-5-8-16(15)24-19/h4-5,7-8,10-11,13H,2-3,6,9,12H2,1H3,(H,20,22,23). The van der Waals surface area contributed by atoms with Crippen molar-refractivity contribution in [1.29, 1.82) is 0 Å². The first-order valence-electron chi connectivity index (χ1n) is 8.53. The molecule has 1 amide bonds. The van der Waals surface area contributed by atoms with E-state index in [1.54, 1.807) is 29.7 Å². The molecule has 3 aromatic rings. The fraction of sp³-hybridized carbons (Fsp3) is 0.316. The first-order chi connectivity index (χ1) is 12.7. The number of unbranched alkanes of at least 4 members (excludes halogenated alkanes) is 2. The van der Waals surface area contributed by atoms with E-state index in [0.29, 0.717) is 17.5 Å². The van der Waals surface area contributed by atoms with Gasteiger partial charge in [-0.05, 0) is 43.4 Å². The SMILES string of the molecule is CSc1ccc(NC(=O)CCCCCSc2nc3ccccc3o2)nc1. The molecule has 1 aromatic carbocycles. The van der Waals surface area contributed by atoms with Crippen molar-refractivity contribution in [3.05, 3.63) is 42.6 Å². The smallest absolute Gasteiger partial charge is 0.256 e. The van der Waals surface area contributed by atoms with Gasteiger partial charge in [0.2, 0.25) is 5.91 Å². The molecule has 2 heterocycles. The number of para-hydroxylation sites is 2. The minimum absolute atomic E-state index is 0.0148. The van der Waals surface area contributed by atoms with E-state index < -0.39 is 0 Å². The third-order valence-electron chi connectivity index (χ3n) is 3.79. The molecule has 7 heteroatoms. The van der Waals surface area contributed by atoms with Crippen molar-refractivity contribution in [2.75, 3.05) is 17.3 Å². The third-order valence-corrected chi connectivity index (χ3v) is 5.41. The van der Waals surface area contributed by atoms with Crippen molar-refractivity contribution in [3.63, 3.8) is 0 Å². The van der Waals surface area contributed by atoms with Crippen LogP contribution in [-0.2, 0) is 4.79 Å². The largest absolute Gasteiger partial charge is 0.431 e. The van der Waals surface area contributed by atoms with Crippen LogP contribution < -0.4 is 5.32 Å². The fourth-order valence-corrected chi connectivity index (χ4v) is 3.61. The number of amides is 1. The quantitative estimate of drug-likeness (QED) is 0.400. The molecule has 0 spiro atoms. The maximum atomic E-state index is 11.9. The van der Waals surface area contributed by atoms with Crippen molar-refractivity contribution in [1.82, 2.24) is 9.97 Å². The molecule has 1 N–H and O–H groups in total. The second kappa shape index (κ2) is 9.64. The number of thioether (sulfide) groups is 2. The Morgan fingerprint density at radius 3 is 2.81 bits per heavy atom. The molecule has 0 saturated heterocycles. The summed E-state index contributed by atoms with van der Waals surface area (Å²) in [6, 6.07) is 11.6. The zero-order valence-electron chi connectivity index (χ0n) is 14.6. The third kappa shape index (κ3) is 5.51. The first kappa shape index (κ1) is 18.8. The Balaban J connectivity index is 1.30. The van der Waals surface area contributed by atoms with Crippen molar-refractivity contribution < 1.29 is 9.21 Å². The summed E-state index contributed by atoms with van der Waals surface area (Å²) >= 11 is 3.25. The molecule has 0 aliphatic rings. The molecule has 0 unspecified atom stereocenters. The van der Waals surface area contributed by atoms with Crippen LogP contribution in [0.4, 0.5) is 5.82 Å². The number of hydrogen-bond donors (Lipinski definition) is 1. The second-order valence-corrected chi connectivity index (χ2v) is 7.66. The Morgan fingerprint density at radius 1 is 1.15 bits per heavy atom. The van der Waals surface area contributed by atoms with Crippen LogP contribution in [0.15, 0.2) is 57.1 Å². The highest BCUT2D eigenvalue weighted by Crippen LogP contribution is 2.24. The van der Waals surface area contributed by atoms with Crippen LogP contribution in [-0.4, -0.2) is 27.9 Å². The monoisotopic (exact) mass is 387 g/mol. The molecule has 0 aliphatic carbocycles. The fourth-order valence-electron chi connectivity index (χ4n) is 2.42. The van der Waals surface area contributed by atoms with Crippen LogP contribution in [0.3, 0.4) is 0 Å². The Labute approximate surface area is 161 Å². The van der Waals surface area contributed by atoms with Gasteiger partial charge in [0.15, 0.2) is 5.58 Å². The lowest BCUT2D eigenvalue weighted by Gasteiger charge is -2.05. The van der Waals surface area contributed by atoms with E-state index in [0.717, 1.165) is 41.0 Å². The van der Waals surface area contributed by atoms with Gasteiger partial charge in [-0.15, -0.1) is 11.8 Å². The summed E-state index contributed by atoms with van der Waals surface area (Å²) in [7, 11) is 0. The molecule has 5 nitrogen and oxygen atoms in total. The Morgan fingerprint density at radius 2 is 2.04 bits per heavy atom. The van der Waals surface area contributed by atoms with Crippen LogP contribution in [0.5, 0.6) is 0 Å². The Hall–Kier alpha value is -1.99. The lowest BCUT2D eigenvalue weighted by Crippen LogP contribution is -2.12. The van der Waals surface area contributed by atoms with Gasteiger partial charge >= 0.3 is 0 Å². The van der Waals surface area contributed by atoms with Gasteiger partial charge in [0.1, 0.15) is 11.3 Å². The van der Waals surface area contributed by atoms with Crippen LogP contribution in [0.25, 0.3) is 11.1 Å². The topological polar surface area (TPSA) is 68.0 Å². The van der Waals surface area contributed by atoms with Gasteiger partial charge in [-0.25, -0.2) is 9.97 Å². The summed E-state index contributed by atoms with van der Waals surface area (Å²) in [5.41, 5.74) is 1.72. The van der Waals surface area contributed by atoms with E-state index in [1.807, 2.05) is 42.7 Å². The van der Waals surface area contributed by atoms with Gasteiger partial charge in [0.05, 0.1) is 0 Å². The van der Waals surface area contributed by atoms with Crippen LogP contribution in [0.1, 0.15) is 25.7 Å². The van der Waals surface area contributed by atoms with Gasteiger partial charge in [0, 0.05) is 23.3 Å². The number of anilines is 1. The number of hydrogen-bond acceptors (Lipinski definition) is 6. The predicted molar refractivity (Wildman–Crippen MR) is 108 cm³/mol. The lowest BCUT2D eigenvalue weighted by molar-refractivity contribution is -0.116. The summed E-state index contributed by atoms with van der Waals surface area (Å²) in [6.07, 6.45) is 7.17. The molecule has 3 rings (SSSR count). The minimum atomic E-state index is 0.0148. The molecule has 136 valence electrons. The van der Waals surface area contributed by atoms with Crippen molar-refractivity contribution in [2.45, 2.75) is 35.8 Å².